The van der Waals surface area contributed by atoms with Gasteiger partial charge in [0.15, 0.2) is 5.11 Å². The Morgan fingerprint density at radius 1 is 1.00 bits per heavy atom. The lowest BCUT2D eigenvalue weighted by molar-refractivity contribution is 0.0977. The highest BCUT2D eigenvalue weighted by Crippen LogP contribution is 2.30. The first-order valence-electron chi connectivity index (χ1n) is 8.85. The van der Waals surface area contributed by atoms with Crippen LogP contribution < -0.4 is 15.4 Å². The second kappa shape index (κ2) is 8.38. The van der Waals surface area contributed by atoms with Crippen molar-refractivity contribution in [2.75, 3.05) is 12.4 Å². The molecular weight excluding hydrogens is 402 g/mol. The number of fused-ring (bicyclic) bond motifs is 1. The van der Waals surface area contributed by atoms with Crippen LogP contribution >= 0.6 is 23.6 Å². The van der Waals surface area contributed by atoms with Gasteiger partial charge >= 0.3 is 0 Å². The molecule has 29 heavy (non-hydrogen) atoms. The first-order valence-corrected chi connectivity index (χ1v) is 10.1. The zero-order chi connectivity index (χ0) is 20.2. The third kappa shape index (κ3) is 4.42. The van der Waals surface area contributed by atoms with Gasteiger partial charge in [0.2, 0.25) is 0 Å². The largest absolute Gasteiger partial charge is 0.497 e. The molecule has 0 saturated carbocycles. The van der Waals surface area contributed by atoms with Crippen LogP contribution in [0.5, 0.6) is 5.75 Å². The van der Waals surface area contributed by atoms with Crippen molar-refractivity contribution in [2.45, 2.75) is 0 Å². The summed E-state index contributed by atoms with van der Waals surface area (Å²) in [6.45, 7) is 0. The lowest BCUT2D eigenvalue weighted by Gasteiger charge is -2.10. The molecule has 0 bridgehead atoms. The third-order valence-electron chi connectivity index (χ3n) is 4.26. The maximum Gasteiger partial charge on any atom is 0.257 e. The molecule has 0 aliphatic heterocycles. The highest BCUT2D eigenvalue weighted by molar-refractivity contribution is 7.80. The molecule has 0 saturated heterocycles. The molecule has 0 radical (unpaired) electrons. The van der Waals surface area contributed by atoms with Crippen LogP contribution in [0.25, 0.3) is 20.8 Å². The first-order chi connectivity index (χ1) is 14.1. The van der Waals surface area contributed by atoms with E-state index in [1.807, 2.05) is 42.5 Å². The molecular formula is C22H17N3O2S2. The van der Waals surface area contributed by atoms with Crippen LogP contribution in [0, 0.1) is 0 Å². The zero-order valence-corrected chi connectivity index (χ0v) is 17.1. The molecule has 1 aromatic heterocycles. The summed E-state index contributed by atoms with van der Waals surface area (Å²) in [4.78, 5) is 16.9. The molecule has 0 unspecified atom stereocenters. The van der Waals surface area contributed by atoms with Crippen LogP contribution in [0.1, 0.15) is 10.4 Å². The summed E-state index contributed by atoms with van der Waals surface area (Å²) < 4.78 is 6.25. The quantitative estimate of drug-likeness (QED) is 0.451. The van der Waals surface area contributed by atoms with Crippen molar-refractivity contribution in [3.63, 3.8) is 0 Å². The molecule has 1 heterocycles. The van der Waals surface area contributed by atoms with E-state index in [0.29, 0.717) is 11.3 Å². The van der Waals surface area contributed by atoms with Gasteiger partial charge < -0.3 is 10.1 Å². The van der Waals surface area contributed by atoms with Gasteiger partial charge in [0.25, 0.3) is 5.91 Å². The Labute approximate surface area is 177 Å². The smallest absolute Gasteiger partial charge is 0.257 e. The number of rotatable bonds is 4. The maximum atomic E-state index is 12.3. The van der Waals surface area contributed by atoms with Crippen molar-refractivity contribution in [2.24, 2.45) is 0 Å². The van der Waals surface area contributed by atoms with Gasteiger partial charge in [-0.05, 0) is 72.9 Å². The fourth-order valence-corrected chi connectivity index (χ4v) is 3.95. The number of aromatic nitrogens is 1. The SMILES string of the molecule is COc1ccc(C(=O)NC(=S)Nc2ccc(-c3nc4ccccc4s3)cc2)cc1. The lowest BCUT2D eigenvalue weighted by Crippen LogP contribution is -2.34. The molecule has 5 nitrogen and oxygen atoms in total. The van der Waals surface area contributed by atoms with Crippen molar-refractivity contribution in [3.8, 4) is 16.3 Å². The number of anilines is 1. The lowest BCUT2D eigenvalue weighted by atomic mass is 10.2. The van der Waals surface area contributed by atoms with Crippen LogP contribution in [0.4, 0.5) is 5.69 Å². The number of carbonyl (C=O) groups is 1. The highest BCUT2D eigenvalue weighted by atomic mass is 32.1. The molecule has 4 rings (SSSR count). The number of methoxy groups -OCH3 is 1. The predicted molar refractivity (Wildman–Crippen MR) is 122 cm³/mol. The summed E-state index contributed by atoms with van der Waals surface area (Å²) in [5.41, 5.74) is 3.32. The zero-order valence-electron chi connectivity index (χ0n) is 15.5. The fraction of sp³-hybridized carbons (Fsp3) is 0.0455. The van der Waals surface area contributed by atoms with Crippen molar-refractivity contribution in [1.82, 2.24) is 10.3 Å². The first kappa shape index (κ1) is 19.0. The molecule has 0 aliphatic rings. The molecule has 1 amide bonds. The number of hydrogen-bond donors (Lipinski definition) is 2. The van der Waals surface area contributed by atoms with E-state index in [4.69, 9.17) is 17.0 Å². The second-order valence-corrected chi connectivity index (χ2v) is 7.64. The summed E-state index contributed by atoms with van der Waals surface area (Å²) in [7, 11) is 1.58. The van der Waals surface area contributed by atoms with Crippen molar-refractivity contribution >= 4 is 50.5 Å². The van der Waals surface area contributed by atoms with Crippen molar-refractivity contribution in [1.29, 1.82) is 0 Å². The molecule has 144 valence electrons. The number of thiocarbonyl (C=S) groups is 1. The Kier molecular flexibility index (Phi) is 5.50. The van der Waals surface area contributed by atoms with Crippen molar-refractivity contribution in [3.05, 3.63) is 78.4 Å². The topological polar surface area (TPSA) is 63.2 Å². The summed E-state index contributed by atoms with van der Waals surface area (Å²) in [6, 6.07) is 22.7. The number of para-hydroxylation sites is 1. The number of benzene rings is 3. The minimum absolute atomic E-state index is 0.235. The van der Waals surface area contributed by atoms with Gasteiger partial charge in [0.05, 0.1) is 17.3 Å². The maximum absolute atomic E-state index is 12.3. The van der Waals surface area contributed by atoms with Gasteiger partial charge in [-0.2, -0.15) is 0 Å². The molecule has 0 spiro atoms. The summed E-state index contributed by atoms with van der Waals surface area (Å²) in [5.74, 6) is 0.409. The van der Waals surface area contributed by atoms with Crippen LogP contribution in [-0.2, 0) is 0 Å². The van der Waals surface area contributed by atoms with Gasteiger partial charge in [-0.1, -0.05) is 12.1 Å². The fourth-order valence-electron chi connectivity index (χ4n) is 2.77. The Morgan fingerprint density at radius 3 is 2.41 bits per heavy atom. The molecule has 3 aromatic carbocycles. The van der Waals surface area contributed by atoms with Crippen LogP contribution in [0.3, 0.4) is 0 Å². The summed E-state index contributed by atoms with van der Waals surface area (Å²) >= 11 is 6.91. The standard InChI is InChI=1S/C22H17N3O2S2/c1-27-17-12-8-14(9-13-17)20(26)25-22(28)23-16-10-6-15(7-11-16)21-24-18-4-2-3-5-19(18)29-21/h2-13H,1H3,(H2,23,25,26,28). The monoisotopic (exact) mass is 419 g/mol. The number of thiazole rings is 1. The third-order valence-corrected chi connectivity index (χ3v) is 5.55. The molecule has 0 fully saturated rings. The Hall–Kier alpha value is -3.29. The van der Waals surface area contributed by atoms with Crippen LogP contribution in [0.15, 0.2) is 72.8 Å². The van der Waals surface area contributed by atoms with E-state index in [2.05, 4.69) is 21.7 Å². The highest BCUT2D eigenvalue weighted by Gasteiger charge is 2.09. The average molecular weight is 420 g/mol. The molecule has 2 N–H and O–H groups in total. The predicted octanol–water partition coefficient (Wildman–Crippen LogP) is 5.10. The number of amides is 1. The Balaban J connectivity index is 1.40. The van der Waals surface area contributed by atoms with Crippen LogP contribution in [0.2, 0.25) is 0 Å². The molecule has 7 heteroatoms. The van der Waals surface area contributed by atoms with E-state index in [0.717, 1.165) is 26.5 Å². The van der Waals surface area contributed by atoms with E-state index in [9.17, 15) is 4.79 Å². The molecule has 0 atom stereocenters. The van der Waals surface area contributed by atoms with E-state index in [-0.39, 0.29) is 11.0 Å². The number of nitrogens with one attached hydrogen (secondary N) is 2. The number of ether oxygens (including phenoxy) is 1. The van der Waals surface area contributed by atoms with E-state index in [1.165, 1.54) is 0 Å². The summed E-state index contributed by atoms with van der Waals surface area (Å²) in [5, 5.41) is 6.91. The average Bonchev–Trinajstić information content (AvgIpc) is 3.18. The Morgan fingerprint density at radius 2 is 1.72 bits per heavy atom. The minimum Gasteiger partial charge on any atom is -0.497 e. The van der Waals surface area contributed by atoms with Gasteiger partial charge in [0, 0.05) is 16.8 Å². The Bertz CT molecular complexity index is 1140. The number of nitrogens with zero attached hydrogens (tertiary/aromatic N) is 1. The van der Waals surface area contributed by atoms with Crippen LogP contribution in [-0.4, -0.2) is 23.1 Å². The summed E-state index contributed by atoms with van der Waals surface area (Å²) in [6.07, 6.45) is 0. The van der Waals surface area contributed by atoms with Gasteiger partial charge in [-0.15, -0.1) is 11.3 Å². The minimum atomic E-state index is -0.281. The molecule has 4 aromatic rings. The van der Waals surface area contributed by atoms with E-state index >= 15 is 0 Å². The normalized spacial score (nSPS) is 10.5. The second-order valence-electron chi connectivity index (χ2n) is 6.20. The number of hydrogen-bond acceptors (Lipinski definition) is 5. The van der Waals surface area contributed by atoms with Crippen molar-refractivity contribution < 1.29 is 9.53 Å². The van der Waals surface area contributed by atoms with E-state index in [1.54, 1.807) is 42.7 Å². The van der Waals surface area contributed by atoms with E-state index < -0.39 is 0 Å². The number of carbonyl (C=O) groups excluding carboxylic acids is 1. The van der Waals surface area contributed by atoms with Gasteiger partial charge in [-0.25, -0.2) is 4.98 Å². The molecule has 0 aliphatic carbocycles. The van der Waals surface area contributed by atoms with Gasteiger partial charge in [0.1, 0.15) is 10.8 Å². The van der Waals surface area contributed by atoms with Gasteiger partial charge in [-0.3, -0.25) is 10.1 Å².